The summed E-state index contributed by atoms with van der Waals surface area (Å²) in [5.74, 6) is -0.243. The van der Waals surface area contributed by atoms with Crippen LogP contribution in [0, 0.1) is 0 Å². The normalized spacial score (nSPS) is 53.4. The van der Waals surface area contributed by atoms with E-state index in [1.54, 1.807) is 0 Å². The Kier molecular flexibility index (Phi) is 1.15. The van der Waals surface area contributed by atoms with Crippen LogP contribution < -0.4 is 0 Å². The molecule has 0 aromatic carbocycles. The Morgan fingerprint density at radius 1 is 1.20 bits per heavy atom. The van der Waals surface area contributed by atoms with Gasteiger partial charge in [0.1, 0.15) is 0 Å². The molecule has 2 saturated heterocycles. The molecule has 0 aromatic heterocycles. The predicted octanol–water partition coefficient (Wildman–Crippen LogP) is 1.69. The number of ether oxygens (including phenoxy) is 2. The third-order valence-corrected chi connectivity index (χ3v) is 2.48. The molecule has 2 atom stereocenters. The minimum absolute atomic E-state index is 0.0347. The van der Waals surface area contributed by atoms with Crippen LogP contribution in [0.5, 0.6) is 0 Å². The summed E-state index contributed by atoms with van der Waals surface area (Å²) in [6.45, 7) is 4.96. The average Bonchev–Trinajstić information content (AvgIpc) is 2.03. The summed E-state index contributed by atoms with van der Waals surface area (Å²) in [4.78, 5) is 0. The third kappa shape index (κ3) is 0.867. The molecule has 2 aliphatic rings. The molecule has 58 valence electrons. The van der Waals surface area contributed by atoms with Crippen LogP contribution in [0.1, 0.15) is 33.1 Å². The molecule has 2 bridgehead atoms. The second-order valence-corrected chi connectivity index (χ2v) is 3.83. The molecule has 0 aliphatic carbocycles. The molecule has 0 unspecified atom stereocenters. The summed E-state index contributed by atoms with van der Waals surface area (Å²) in [6.07, 6.45) is 3.46. The Balaban J connectivity index is 2.20. The fourth-order valence-electron chi connectivity index (χ4n) is 1.92. The van der Waals surface area contributed by atoms with E-state index in [9.17, 15) is 0 Å². The molecule has 2 aliphatic heterocycles. The van der Waals surface area contributed by atoms with Gasteiger partial charge in [0, 0.05) is 6.42 Å². The smallest absolute Gasteiger partial charge is 0.166 e. The van der Waals surface area contributed by atoms with Crippen LogP contribution in [0.25, 0.3) is 0 Å². The first-order valence-corrected chi connectivity index (χ1v) is 3.96. The second-order valence-electron chi connectivity index (χ2n) is 3.83. The van der Waals surface area contributed by atoms with E-state index in [2.05, 4.69) is 6.92 Å². The summed E-state index contributed by atoms with van der Waals surface area (Å²) in [6, 6.07) is 0. The van der Waals surface area contributed by atoms with Crippen LogP contribution in [0.15, 0.2) is 0 Å². The Morgan fingerprint density at radius 3 is 2.60 bits per heavy atom. The molecule has 2 heteroatoms. The van der Waals surface area contributed by atoms with Gasteiger partial charge in [0.2, 0.25) is 0 Å². The SMILES string of the molecule is C[C@@]12CCC[C@](C)(OC1)O2. The van der Waals surface area contributed by atoms with Gasteiger partial charge in [0.05, 0.1) is 12.2 Å². The summed E-state index contributed by atoms with van der Waals surface area (Å²) < 4.78 is 11.3. The van der Waals surface area contributed by atoms with Crippen molar-refractivity contribution >= 4 is 0 Å². The topological polar surface area (TPSA) is 18.5 Å². The van der Waals surface area contributed by atoms with Crippen molar-refractivity contribution in [1.29, 1.82) is 0 Å². The van der Waals surface area contributed by atoms with Crippen LogP contribution in [0.4, 0.5) is 0 Å². The lowest BCUT2D eigenvalue weighted by atomic mass is 9.96. The molecular formula is C8H14O2. The maximum absolute atomic E-state index is 5.75. The Bertz CT molecular complexity index is 141. The molecule has 0 N–H and O–H groups in total. The Labute approximate surface area is 61.5 Å². The van der Waals surface area contributed by atoms with Gasteiger partial charge in [-0.15, -0.1) is 0 Å². The highest BCUT2D eigenvalue weighted by Crippen LogP contribution is 2.42. The van der Waals surface area contributed by atoms with E-state index in [1.807, 2.05) is 6.92 Å². The molecule has 2 nitrogen and oxygen atoms in total. The van der Waals surface area contributed by atoms with Crippen LogP contribution in [-0.4, -0.2) is 18.0 Å². The number of fused-ring (bicyclic) bond motifs is 2. The van der Waals surface area contributed by atoms with Crippen LogP contribution in [0.3, 0.4) is 0 Å². The summed E-state index contributed by atoms with van der Waals surface area (Å²) in [5.41, 5.74) is 0.0347. The van der Waals surface area contributed by atoms with Gasteiger partial charge in [0.15, 0.2) is 5.79 Å². The van der Waals surface area contributed by atoms with Gasteiger partial charge in [-0.1, -0.05) is 0 Å². The van der Waals surface area contributed by atoms with Gasteiger partial charge in [-0.25, -0.2) is 0 Å². The van der Waals surface area contributed by atoms with Crippen molar-refractivity contribution in [1.82, 2.24) is 0 Å². The zero-order valence-corrected chi connectivity index (χ0v) is 6.64. The standard InChI is InChI=1S/C8H14O2/c1-7-4-3-5-8(2,10-7)9-6-7/h3-6H2,1-2H3/t7-,8-/m1/s1. The summed E-state index contributed by atoms with van der Waals surface area (Å²) in [7, 11) is 0. The summed E-state index contributed by atoms with van der Waals surface area (Å²) >= 11 is 0. The fourth-order valence-corrected chi connectivity index (χ4v) is 1.92. The molecule has 2 fully saturated rings. The van der Waals surface area contributed by atoms with E-state index in [-0.39, 0.29) is 11.4 Å². The quantitative estimate of drug-likeness (QED) is 0.512. The largest absolute Gasteiger partial charge is 0.347 e. The van der Waals surface area contributed by atoms with E-state index in [0.717, 1.165) is 19.4 Å². The van der Waals surface area contributed by atoms with Gasteiger partial charge in [-0.05, 0) is 26.7 Å². The molecular weight excluding hydrogens is 128 g/mol. The lowest BCUT2D eigenvalue weighted by Gasteiger charge is -2.32. The number of hydrogen-bond donors (Lipinski definition) is 0. The van der Waals surface area contributed by atoms with E-state index in [1.165, 1.54) is 6.42 Å². The fraction of sp³-hybridized carbons (Fsp3) is 1.00. The van der Waals surface area contributed by atoms with Gasteiger partial charge in [0.25, 0.3) is 0 Å². The second kappa shape index (κ2) is 1.74. The lowest BCUT2D eigenvalue weighted by Crippen LogP contribution is -2.37. The maximum Gasteiger partial charge on any atom is 0.166 e. The van der Waals surface area contributed by atoms with Crippen molar-refractivity contribution in [2.75, 3.05) is 6.61 Å². The third-order valence-electron chi connectivity index (χ3n) is 2.48. The van der Waals surface area contributed by atoms with Crippen LogP contribution in [0.2, 0.25) is 0 Å². The lowest BCUT2D eigenvalue weighted by molar-refractivity contribution is -0.195. The van der Waals surface area contributed by atoms with Gasteiger partial charge in [-0.2, -0.15) is 0 Å². The van der Waals surface area contributed by atoms with Crippen molar-refractivity contribution in [3.05, 3.63) is 0 Å². The van der Waals surface area contributed by atoms with Gasteiger partial charge >= 0.3 is 0 Å². The van der Waals surface area contributed by atoms with Crippen LogP contribution in [-0.2, 0) is 9.47 Å². The van der Waals surface area contributed by atoms with Crippen molar-refractivity contribution in [2.24, 2.45) is 0 Å². The average molecular weight is 142 g/mol. The van der Waals surface area contributed by atoms with Crippen molar-refractivity contribution in [3.63, 3.8) is 0 Å². The minimum Gasteiger partial charge on any atom is -0.347 e. The molecule has 0 aromatic rings. The first-order chi connectivity index (χ1) is 4.62. The van der Waals surface area contributed by atoms with Crippen LogP contribution >= 0.6 is 0 Å². The van der Waals surface area contributed by atoms with E-state index in [0.29, 0.717) is 0 Å². The molecule has 2 rings (SSSR count). The molecule has 0 radical (unpaired) electrons. The van der Waals surface area contributed by atoms with Gasteiger partial charge < -0.3 is 9.47 Å². The highest BCUT2D eigenvalue weighted by atomic mass is 16.8. The highest BCUT2D eigenvalue weighted by Gasteiger charge is 2.47. The zero-order chi connectivity index (χ0) is 7.24. The highest BCUT2D eigenvalue weighted by molar-refractivity contribution is 4.90. The summed E-state index contributed by atoms with van der Waals surface area (Å²) in [5, 5.41) is 0. The molecule has 0 spiro atoms. The zero-order valence-electron chi connectivity index (χ0n) is 6.64. The van der Waals surface area contributed by atoms with E-state index < -0.39 is 0 Å². The molecule has 0 saturated carbocycles. The van der Waals surface area contributed by atoms with Crippen molar-refractivity contribution in [2.45, 2.75) is 44.5 Å². The monoisotopic (exact) mass is 142 g/mol. The molecule has 10 heavy (non-hydrogen) atoms. The molecule has 0 amide bonds. The number of rotatable bonds is 0. The Morgan fingerprint density at radius 2 is 2.00 bits per heavy atom. The predicted molar refractivity (Wildman–Crippen MR) is 37.7 cm³/mol. The first kappa shape index (κ1) is 6.62. The number of hydrogen-bond acceptors (Lipinski definition) is 2. The van der Waals surface area contributed by atoms with E-state index >= 15 is 0 Å². The molecule has 2 heterocycles. The van der Waals surface area contributed by atoms with Gasteiger partial charge in [-0.3, -0.25) is 0 Å². The maximum atomic E-state index is 5.75. The van der Waals surface area contributed by atoms with Crippen molar-refractivity contribution < 1.29 is 9.47 Å². The minimum atomic E-state index is -0.243. The Hall–Kier alpha value is -0.0800. The first-order valence-electron chi connectivity index (χ1n) is 3.96. The van der Waals surface area contributed by atoms with Crippen molar-refractivity contribution in [3.8, 4) is 0 Å². The van der Waals surface area contributed by atoms with E-state index in [4.69, 9.17) is 9.47 Å².